The number of phenols is 1. The molecule has 0 aromatic heterocycles. The van der Waals surface area contributed by atoms with Gasteiger partial charge in [-0.2, -0.15) is 4.39 Å². The Morgan fingerprint density at radius 2 is 2.07 bits per heavy atom. The number of ether oxygens (including phenoxy) is 1. The van der Waals surface area contributed by atoms with Crippen molar-refractivity contribution in [1.82, 2.24) is 0 Å². The van der Waals surface area contributed by atoms with Gasteiger partial charge in [0.05, 0.1) is 12.1 Å². The Morgan fingerprint density at radius 3 is 2.47 bits per heavy atom. The number of hydrogen-bond acceptors (Lipinski definition) is 4. The summed E-state index contributed by atoms with van der Waals surface area (Å²) in [6, 6.07) is 0.807. The third kappa shape index (κ3) is 2.27. The average Bonchev–Trinajstić information content (AvgIpc) is 2.12. The van der Waals surface area contributed by atoms with E-state index >= 15 is 0 Å². The second-order valence-electron chi connectivity index (χ2n) is 2.49. The van der Waals surface area contributed by atoms with Crippen molar-refractivity contribution >= 4 is 31.3 Å². The molecule has 84 valence electrons. The molecule has 0 bridgehead atoms. The molecule has 15 heavy (non-hydrogen) atoms. The van der Waals surface area contributed by atoms with Gasteiger partial charge in [0.15, 0.2) is 11.5 Å². The second kappa shape index (κ2) is 4.03. The molecule has 0 fully saturated rings. The zero-order valence-electron chi connectivity index (χ0n) is 7.29. The van der Waals surface area contributed by atoms with Gasteiger partial charge in [-0.1, -0.05) is 11.6 Å². The van der Waals surface area contributed by atoms with E-state index in [1.54, 1.807) is 0 Å². The first-order valence-electron chi connectivity index (χ1n) is 3.48. The zero-order valence-corrected chi connectivity index (χ0v) is 9.62. The Bertz CT molecular complexity index is 500. The monoisotopic (exact) mass is 274 g/mol. The van der Waals surface area contributed by atoms with Crippen LogP contribution in [0.3, 0.4) is 0 Å². The van der Waals surface area contributed by atoms with Gasteiger partial charge in [-0.3, -0.25) is 0 Å². The lowest BCUT2D eigenvalue weighted by molar-refractivity contribution is 0.354. The van der Waals surface area contributed by atoms with E-state index < -0.39 is 36.3 Å². The minimum Gasteiger partial charge on any atom is -0.504 e. The van der Waals surface area contributed by atoms with E-state index in [-0.39, 0.29) is 0 Å². The fourth-order valence-electron chi connectivity index (χ4n) is 0.941. The average molecular weight is 275 g/mol. The standard InChI is InChI=1S/C7H5Cl2FO4S/c1-14-7-4(15(9,12)13)2-3(8)6(11)5(7)10/h2,11H,1H3. The maximum Gasteiger partial charge on any atom is 0.265 e. The summed E-state index contributed by atoms with van der Waals surface area (Å²) in [7, 11) is 1.87. The van der Waals surface area contributed by atoms with Gasteiger partial charge < -0.3 is 9.84 Å². The Hall–Kier alpha value is -0.720. The predicted molar refractivity (Wildman–Crippen MR) is 52.7 cm³/mol. The molecule has 0 amide bonds. The third-order valence-electron chi connectivity index (χ3n) is 1.58. The van der Waals surface area contributed by atoms with Gasteiger partial charge in [-0.25, -0.2) is 8.42 Å². The maximum atomic E-state index is 13.3. The van der Waals surface area contributed by atoms with E-state index in [1.165, 1.54) is 0 Å². The largest absolute Gasteiger partial charge is 0.504 e. The van der Waals surface area contributed by atoms with E-state index in [1.807, 2.05) is 0 Å². The molecule has 0 spiro atoms. The van der Waals surface area contributed by atoms with Gasteiger partial charge in [0, 0.05) is 10.7 Å². The lowest BCUT2D eigenvalue weighted by atomic mass is 10.3. The van der Waals surface area contributed by atoms with E-state index in [9.17, 15) is 12.8 Å². The molecule has 4 nitrogen and oxygen atoms in total. The van der Waals surface area contributed by atoms with Gasteiger partial charge in [-0.05, 0) is 6.07 Å². The van der Waals surface area contributed by atoms with Crippen LogP contribution in [0.25, 0.3) is 0 Å². The molecule has 1 rings (SSSR count). The number of hydrogen-bond donors (Lipinski definition) is 1. The van der Waals surface area contributed by atoms with Gasteiger partial charge in [0.2, 0.25) is 5.82 Å². The van der Waals surface area contributed by atoms with Gasteiger partial charge in [-0.15, -0.1) is 0 Å². The minimum atomic E-state index is -4.20. The SMILES string of the molecule is COc1c(S(=O)(=O)Cl)cc(Cl)c(O)c1F. The lowest BCUT2D eigenvalue weighted by Gasteiger charge is -2.08. The Kier molecular flexibility index (Phi) is 3.32. The van der Waals surface area contributed by atoms with Crippen molar-refractivity contribution < 1.29 is 22.7 Å². The summed E-state index contributed by atoms with van der Waals surface area (Å²) in [5, 5.41) is 8.62. The third-order valence-corrected chi connectivity index (χ3v) is 3.20. The fraction of sp³-hybridized carbons (Fsp3) is 0.143. The lowest BCUT2D eigenvalue weighted by Crippen LogP contribution is -1.99. The Labute approximate surface area is 94.6 Å². The zero-order chi connectivity index (χ0) is 11.8. The van der Waals surface area contributed by atoms with E-state index in [0.717, 1.165) is 13.2 Å². The molecule has 0 unspecified atom stereocenters. The topological polar surface area (TPSA) is 63.6 Å². The van der Waals surface area contributed by atoms with Crippen molar-refractivity contribution in [2.45, 2.75) is 4.90 Å². The van der Waals surface area contributed by atoms with Crippen LogP contribution in [0, 0.1) is 5.82 Å². The second-order valence-corrected chi connectivity index (χ2v) is 5.43. The van der Waals surface area contributed by atoms with Crippen LogP contribution in [0.5, 0.6) is 11.5 Å². The highest BCUT2D eigenvalue weighted by atomic mass is 35.7. The summed E-state index contributed by atoms with van der Waals surface area (Å²) in [5.74, 6) is -2.84. The van der Waals surface area contributed by atoms with Crippen molar-refractivity contribution in [3.8, 4) is 11.5 Å². The van der Waals surface area contributed by atoms with Gasteiger partial charge >= 0.3 is 0 Å². The molecule has 0 radical (unpaired) electrons. The molecule has 0 aliphatic rings. The van der Waals surface area contributed by atoms with Crippen molar-refractivity contribution in [2.24, 2.45) is 0 Å². The summed E-state index contributed by atoms with van der Waals surface area (Å²) < 4.78 is 39.8. The van der Waals surface area contributed by atoms with Crippen LogP contribution in [-0.4, -0.2) is 20.6 Å². The predicted octanol–water partition coefficient (Wildman–Crippen LogP) is 2.12. The number of benzene rings is 1. The molecular weight excluding hydrogens is 270 g/mol. The van der Waals surface area contributed by atoms with Crippen LogP contribution in [0.1, 0.15) is 0 Å². The highest BCUT2D eigenvalue weighted by Gasteiger charge is 2.25. The summed E-state index contributed by atoms with van der Waals surface area (Å²) in [6.45, 7) is 0. The molecule has 1 aromatic rings. The normalized spacial score (nSPS) is 11.5. The summed E-state index contributed by atoms with van der Waals surface area (Å²) in [5.41, 5.74) is 0. The Balaban J connectivity index is 3.68. The number of halogens is 3. The van der Waals surface area contributed by atoms with Crippen LogP contribution >= 0.6 is 22.3 Å². The van der Waals surface area contributed by atoms with Crippen LogP contribution < -0.4 is 4.74 Å². The number of rotatable bonds is 2. The number of phenolic OH excluding ortho intramolecular Hbond substituents is 1. The Morgan fingerprint density at radius 1 is 1.53 bits per heavy atom. The molecule has 0 saturated carbocycles. The van der Waals surface area contributed by atoms with Crippen LogP contribution in [0.15, 0.2) is 11.0 Å². The highest BCUT2D eigenvalue weighted by Crippen LogP contribution is 2.39. The van der Waals surface area contributed by atoms with Crippen LogP contribution in [0.2, 0.25) is 5.02 Å². The van der Waals surface area contributed by atoms with Crippen molar-refractivity contribution in [2.75, 3.05) is 7.11 Å². The van der Waals surface area contributed by atoms with E-state index in [4.69, 9.17) is 27.4 Å². The molecule has 8 heteroatoms. The van der Waals surface area contributed by atoms with Crippen molar-refractivity contribution in [3.63, 3.8) is 0 Å². The summed E-state index contributed by atoms with van der Waals surface area (Å²) in [4.78, 5) is -0.632. The first-order valence-corrected chi connectivity index (χ1v) is 6.17. The van der Waals surface area contributed by atoms with Gasteiger partial charge in [0.1, 0.15) is 4.90 Å². The molecular formula is C7H5Cl2FO4S. The first-order chi connectivity index (χ1) is 6.79. The number of aromatic hydroxyl groups is 1. The minimum absolute atomic E-state index is 0.465. The summed E-state index contributed by atoms with van der Waals surface area (Å²) >= 11 is 5.39. The molecule has 0 aliphatic carbocycles. The van der Waals surface area contributed by atoms with Crippen LogP contribution in [-0.2, 0) is 9.05 Å². The molecule has 1 N–H and O–H groups in total. The van der Waals surface area contributed by atoms with E-state index in [0.29, 0.717) is 0 Å². The van der Waals surface area contributed by atoms with Crippen LogP contribution in [0.4, 0.5) is 4.39 Å². The molecule has 0 heterocycles. The summed E-state index contributed by atoms with van der Waals surface area (Å²) in [6.07, 6.45) is 0. The fourth-order valence-corrected chi connectivity index (χ4v) is 2.19. The van der Waals surface area contributed by atoms with E-state index in [2.05, 4.69) is 4.74 Å². The van der Waals surface area contributed by atoms with Gasteiger partial charge in [0.25, 0.3) is 9.05 Å². The molecule has 0 aliphatic heterocycles. The molecule has 0 saturated heterocycles. The first kappa shape index (κ1) is 12.4. The van der Waals surface area contributed by atoms with Crippen molar-refractivity contribution in [3.05, 3.63) is 16.9 Å². The smallest absolute Gasteiger partial charge is 0.265 e. The molecule has 1 aromatic carbocycles. The quantitative estimate of drug-likeness (QED) is 0.840. The maximum absolute atomic E-state index is 13.3. The van der Waals surface area contributed by atoms with Crippen molar-refractivity contribution in [1.29, 1.82) is 0 Å². The number of methoxy groups -OCH3 is 1. The highest BCUT2D eigenvalue weighted by molar-refractivity contribution is 8.13. The molecule has 0 atom stereocenters.